The van der Waals surface area contributed by atoms with Gasteiger partial charge in [-0.3, -0.25) is 4.90 Å². The van der Waals surface area contributed by atoms with E-state index in [0.29, 0.717) is 19.5 Å². The molecule has 1 saturated heterocycles. The molecular weight excluding hydrogens is 257 g/mol. The molecule has 2 atom stereocenters. The predicted molar refractivity (Wildman–Crippen MR) is 73.4 cm³/mol. The number of aliphatic hydroxyl groups is 1. The lowest BCUT2D eigenvalue weighted by Gasteiger charge is -2.24. The van der Waals surface area contributed by atoms with Gasteiger partial charge in [0.15, 0.2) is 0 Å². The van der Waals surface area contributed by atoms with Crippen molar-refractivity contribution in [1.82, 2.24) is 14.5 Å². The number of aliphatic hydroxyl groups excluding tert-OH is 1. The fraction of sp³-hybridized carbons (Fsp3) is 0.400. The Bertz CT molecular complexity index is 581. The highest BCUT2D eigenvalue weighted by Crippen LogP contribution is 2.33. The Morgan fingerprint density at radius 3 is 2.75 bits per heavy atom. The summed E-state index contributed by atoms with van der Waals surface area (Å²) in [5, 5.41) is 9.94. The van der Waals surface area contributed by atoms with E-state index in [9.17, 15) is 9.50 Å². The number of β-amino-alcohol motifs (C(OH)–C–C–N with tert-alkyl or cyclic N) is 1. The molecule has 5 heteroatoms. The number of rotatable bonds is 3. The molecule has 0 unspecified atom stereocenters. The summed E-state index contributed by atoms with van der Waals surface area (Å²) in [7, 11) is 1.96. The minimum absolute atomic E-state index is 0.113. The van der Waals surface area contributed by atoms with Gasteiger partial charge in [0.25, 0.3) is 0 Å². The van der Waals surface area contributed by atoms with Crippen LogP contribution in [0, 0.1) is 5.82 Å². The molecule has 1 N–H and O–H groups in total. The summed E-state index contributed by atoms with van der Waals surface area (Å²) in [6.45, 7) is 1.30. The molecule has 2 aromatic rings. The van der Waals surface area contributed by atoms with Crippen LogP contribution in [0.4, 0.5) is 4.39 Å². The van der Waals surface area contributed by atoms with Crippen LogP contribution < -0.4 is 0 Å². The lowest BCUT2D eigenvalue weighted by molar-refractivity contribution is 0.171. The number of hydrogen-bond donors (Lipinski definition) is 1. The van der Waals surface area contributed by atoms with E-state index in [1.54, 1.807) is 18.3 Å². The first-order valence-corrected chi connectivity index (χ1v) is 6.77. The fourth-order valence-corrected chi connectivity index (χ4v) is 2.82. The third-order valence-electron chi connectivity index (χ3n) is 3.90. The molecule has 4 nitrogen and oxygen atoms in total. The van der Waals surface area contributed by atoms with Gasteiger partial charge in [0, 0.05) is 32.0 Å². The van der Waals surface area contributed by atoms with Gasteiger partial charge >= 0.3 is 0 Å². The first-order chi connectivity index (χ1) is 9.63. The predicted octanol–water partition coefficient (Wildman–Crippen LogP) is 1.87. The molecule has 0 radical (unpaired) electrons. The standard InChI is InChI=1S/C15H18FN3O/c1-18-7-6-17-15(18)10-19-9-13(20)8-14(19)11-2-4-12(16)5-3-11/h2-7,13-14,20H,8-10H2,1H3/t13-,14+/m0/s1. The maximum absolute atomic E-state index is 13.0. The van der Waals surface area contributed by atoms with E-state index >= 15 is 0 Å². The van der Waals surface area contributed by atoms with Crippen LogP contribution in [0.2, 0.25) is 0 Å². The smallest absolute Gasteiger partial charge is 0.123 e. The van der Waals surface area contributed by atoms with Crippen LogP contribution in [0.25, 0.3) is 0 Å². The van der Waals surface area contributed by atoms with Gasteiger partial charge in [-0.05, 0) is 24.1 Å². The third-order valence-corrected chi connectivity index (χ3v) is 3.90. The molecule has 20 heavy (non-hydrogen) atoms. The summed E-state index contributed by atoms with van der Waals surface area (Å²) < 4.78 is 15.0. The molecule has 106 valence electrons. The first-order valence-electron chi connectivity index (χ1n) is 6.77. The Morgan fingerprint density at radius 1 is 1.35 bits per heavy atom. The van der Waals surface area contributed by atoms with Gasteiger partial charge in [0.2, 0.25) is 0 Å². The van der Waals surface area contributed by atoms with Crippen molar-refractivity contribution in [2.75, 3.05) is 6.54 Å². The maximum Gasteiger partial charge on any atom is 0.123 e. The Labute approximate surface area is 117 Å². The highest BCUT2D eigenvalue weighted by molar-refractivity contribution is 5.21. The largest absolute Gasteiger partial charge is 0.392 e. The van der Waals surface area contributed by atoms with Crippen molar-refractivity contribution >= 4 is 0 Å². The molecule has 1 aliphatic rings. The van der Waals surface area contributed by atoms with E-state index in [1.807, 2.05) is 17.8 Å². The van der Waals surface area contributed by atoms with Crippen molar-refractivity contribution < 1.29 is 9.50 Å². The zero-order valence-corrected chi connectivity index (χ0v) is 11.4. The molecule has 0 aliphatic carbocycles. The number of hydrogen-bond acceptors (Lipinski definition) is 3. The van der Waals surface area contributed by atoms with Crippen LogP contribution in [0.1, 0.15) is 23.9 Å². The van der Waals surface area contributed by atoms with Crippen molar-refractivity contribution in [3.63, 3.8) is 0 Å². The number of imidazole rings is 1. The Kier molecular flexibility index (Phi) is 3.54. The van der Waals surface area contributed by atoms with Gasteiger partial charge in [-0.1, -0.05) is 12.1 Å². The van der Waals surface area contributed by atoms with Crippen molar-refractivity contribution in [2.24, 2.45) is 7.05 Å². The van der Waals surface area contributed by atoms with E-state index in [0.717, 1.165) is 11.4 Å². The highest BCUT2D eigenvalue weighted by Gasteiger charge is 2.32. The van der Waals surface area contributed by atoms with Crippen LogP contribution >= 0.6 is 0 Å². The van der Waals surface area contributed by atoms with Crippen molar-refractivity contribution in [1.29, 1.82) is 0 Å². The van der Waals surface area contributed by atoms with E-state index in [-0.39, 0.29) is 18.0 Å². The number of halogens is 1. The summed E-state index contributed by atoms with van der Waals surface area (Å²) >= 11 is 0. The molecule has 3 rings (SSSR count). The number of nitrogens with zero attached hydrogens (tertiary/aromatic N) is 3. The summed E-state index contributed by atoms with van der Waals surface area (Å²) in [5.74, 6) is 0.731. The minimum Gasteiger partial charge on any atom is -0.392 e. The molecule has 0 saturated carbocycles. The normalized spacial score (nSPS) is 23.4. The van der Waals surface area contributed by atoms with Gasteiger partial charge in [-0.2, -0.15) is 0 Å². The van der Waals surface area contributed by atoms with E-state index in [4.69, 9.17) is 0 Å². The number of aromatic nitrogens is 2. The van der Waals surface area contributed by atoms with E-state index < -0.39 is 0 Å². The quantitative estimate of drug-likeness (QED) is 0.929. The number of aryl methyl sites for hydroxylation is 1. The number of likely N-dealkylation sites (tertiary alicyclic amines) is 1. The van der Waals surface area contributed by atoms with E-state index in [2.05, 4.69) is 9.88 Å². The summed E-state index contributed by atoms with van der Waals surface area (Å²) in [4.78, 5) is 6.52. The molecule has 1 aliphatic heterocycles. The third kappa shape index (κ3) is 2.59. The van der Waals surface area contributed by atoms with Crippen LogP contribution in [-0.4, -0.2) is 32.2 Å². The second-order valence-corrected chi connectivity index (χ2v) is 5.34. The molecule has 1 fully saturated rings. The molecule has 1 aromatic heterocycles. The average Bonchev–Trinajstić information content (AvgIpc) is 2.98. The second kappa shape index (κ2) is 5.34. The zero-order chi connectivity index (χ0) is 14.1. The molecule has 0 bridgehead atoms. The van der Waals surface area contributed by atoms with Crippen molar-refractivity contribution in [3.05, 3.63) is 53.9 Å². The lowest BCUT2D eigenvalue weighted by atomic mass is 10.0. The fourth-order valence-electron chi connectivity index (χ4n) is 2.82. The molecule has 1 aromatic carbocycles. The maximum atomic E-state index is 13.0. The highest BCUT2D eigenvalue weighted by atomic mass is 19.1. The van der Waals surface area contributed by atoms with Gasteiger partial charge in [-0.15, -0.1) is 0 Å². The topological polar surface area (TPSA) is 41.3 Å². The first kappa shape index (κ1) is 13.3. The van der Waals surface area contributed by atoms with Crippen molar-refractivity contribution in [3.8, 4) is 0 Å². The Hall–Kier alpha value is -1.72. The molecular formula is C15H18FN3O. The van der Waals surface area contributed by atoms with Crippen molar-refractivity contribution in [2.45, 2.75) is 25.1 Å². The van der Waals surface area contributed by atoms with Crippen LogP contribution in [-0.2, 0) is 13.6 Å². The lowest BCUT2D eigenvalue weighted by Crippen LogP contribution is -2.25. The molecule has 0 spiro atoms. The van der Waals surface area contributed by atoms with Gasteiger partial charge < -0.3 is 9.67 Å². The van der Waals surface area contributed by atoms with Crippen LogP contribution in [0.3, 0.4) is 0 Å². The monoisotopic (exact) mass is 275 g/mol. The Balaban J connectivity index is 1.81. The van der Waals surface area contributed by atoms with Crippen LogP contribution in [0.5, 0.6) is 0 Å². The average molecular weight is 275 g/mol. The minimum atomic E-state index is -0.342. The molecule has 2 heterocycles. The number of benzene rings is 1. The summed E-state index contributed by atoms with van der Waals surface area (Å²) in [6.07, 6.45) is 4.02. The van der Waals surface area contributed by atoms with Crippen LogP contribution in [0.15, 0.2) is 36.7 Å². The van der Waals surface area contributed by atoms with Gasteiger partial charge in [0.1, 0.15) is 11.6 Å². The Morgan fingerprint density at radius 2 is 2.10 bits per heavy atom. The van der Waals surface area contributed by atoms with Gasteiger partial charge in [-0.25, -0.2) is 9.37 Å². The SMILES string of the molecule is Cn1ccnc1CN1C[C@@H](O)C[C@@H]1c1ccc(F)cc1. The van der Waals surface area contributed by atoms with Gasteiger partial charge in [0.05, 0.1) is 12.6 Å². The zero-order valence-electron chi connectivity index (χ0n) is 11.4. The summed E-state index contributed by atoms with van der Waals surface area (Å²) in [5.41, 5.74) is 1.04. The second-order valence-electron chi connectivity index (χ2n) is 5.34. The van der Waals surface area contributed by atoms with E-state index in [1.165, 1.54) is 12.1 Å². The summed E-state index contributed by atoms with van der Waals surface area (Å²) in [6, 6.07) is 6.65. The molecule has 0 amide bonds.